The third-order valence-corrected chi connectivity index (χ3v) is 3.76. The Balaban J connectivity index is 2.89. The lowest BCUT2D eigenvalue weighted by atomic mass is 9.92. The number of hydrogen-bond acceptors (Lipinski definition) is 3. The first-order valence-corrected chi connectivity index (χ1v) is 7.00. The Hall–Kier alpha value is -0.580. The summed E-state index contributed by atoms with van der Waals surface area (Å²) in [6, 6.07) is -0.0304. The highest BCUT2D eigenvalue weighted by molar-refractivity contribution is 6.31. The standard InChI is InChI=1S/C13H25ClN4/c1-5-10(6-2)12(15)13-11(14)9-16-18(13)8-7-17(3)4/h9-10,12H,5-8,15H2,1-4H3. The number of hydrogen-bond donors (Lipinski definition) is 1. The third-order valence-electron chi connectivity index (χ3n) is 3.46. The van der Waals surface area contributed by atoms with Crippen LogP contribution in [0.3, 0.4) is 0 Å². The van der Waals surface area contributed by atoms with E-state index in [0.717, 1.165) is 31.6 Å². The quantitative estimate of drug-likeness (QED) is 0.830. The highest BCUT2D eigenvalue weighted by Crippen LogP contribution is 2.29. The monoisotopic (exact) mass is 272 g/mol. The molecule has 1 aromatic heterocycles. The lowest BCUT2D eigenvalue weighted by molar-refractivity contribution is 0.346. The summed E-state index contributed by atoms with van der Waals surface area (Å²) in [7, 11) is 4.09. The van der Waals surface area contributed by atoms with Gasteiger partial charge in [-0.1, -0.05) is 38.3 Å². The van der Waals surface area contributed by atoms with Gasteiger partial charge >= 0.3 is 0 Å². The number of rotatable bonds is 7. The van der Waals surface area contributed by atoms with Crippen LogP contribution in [0.15, 0.2) is 6.20 Å². The van der Waals surface area contributed by atoms with E-state index in [9.17, 15) is 0 Å². The van der Waals surface area contributed by atoms with Gasteiger partial charge in [0.15, 0.2) is 0 Å². The molecule has 1 atom stereocenters. The van der Waals surface area contributed by atoms with Crippen molar-refractivity contribution in [2.45, 2.75) is 39.3 Å². The maximum Gasteiger partial charge on any atom is 0.0834 e. The Kier molecular flexibility index (Phi) is 6.12. The van der Waals surface area contributed by atoms with E-state index in [4.69, 9.17) is 17.3 Å². The fourth-order valence-corrected chi connectivity index (χ4v) is 2.46. The zero-order valence-corrected chi connectivity index (χ0v) is 12.6. The van der Waals surface area contributed by atoms with Gasteiger partial charge in [0.1, 0.15) is 0 Å². The molecule has 5 heteroatoms. The van der Waals surface area contributed by atoms with Crippen molar-refractivity contribution in [1.82, 2.24) is 14.7 Å². The average Bonchev–Trinajstić information content (AvgIpc) is 2.69. The van der Waals surface area contributed by atoms with Gasteiger partial charge in [-0.2, -0.15) is 5.10 Å². The SMILES string of the molecule is CCC(CC)C(N)c1c(Cl)cnn1CCN(C)C. The van der Waals surface area contributed by atoms with Crippen LogP contribution < -0.4 is 5.73 Å². The molecule has 1 heterocycles. The number of nitrogens with two attached hydrogens (primary N) is 1. The van der Waals surface area contributed by atoms with E-state index in [2.05, 4.69) is 23.8 Å². The average molecular weight is 273 g/mol. The summed E-state index contributed by atoms with van der Waals surface area (Å²) in [4.78, 5) is 2.13. The maximum absolute atomic E-state index is 6.35. The molecule has 0 aliphatic rings. The van der Waals surface area contributed by atoms with Gasteiger partial charge in [-0.05, 0) is 20.0 Å². The summed E-state index contributed by atoms with van der Waals surface area (Å²) >= 11 is 6.24. The van der Waals surface area contributed by atoms with Crippen LogP contribution in [0.2, 0.25) is 5.02 Å². The van der Waals surface area contributed by atoms with E-state index in [0.29, 0.717) is 10.9 Å². The lowest BCUT2D eigenvalue weighted by Gasteiger charge is -2.23. The third kappa shape index (κ3) is 3.70. The van der Waals surface area contributed by atoms with E-state index in [1.165, 1.54) is 0 Å². The van der Waals surface area contributed by atoms with E-state index < -0.39 is 0 Å². The van der Waals surface area contributed by atoms with Crippen LogP contribution in [0.4, 0.5) is 0 Å². The van der Waals surface area contributed by atoms with Crippen molar-refractivity contribution in [1.29, 1.82) is 0 Å². The lowest BCUT2D eigenvalue weighted by Crippen LogP contribution is -2.26. The Morgan fingerprint density at radius 3 is 2.50 bits per heavy atom. The van der Waals surface area contributed by atoms with Gasteiger partial charge in [0.05, 0.1) is 29.5 Å². The Labute approximate surface area is 115 Å². The van der Waals surface area contributed by atoms with E-state index in [-0.39, 0.29) is 6.04 Å². The molecule has 1 unspecified atom stereocenters. The minimum absolute atomic E-state index is 0.0304. The largest absolute Gasteiger partial charge is 0.322 e. The van der Waals surface area contributed by atoms with Gasteiger partial charge in [-0.25, -0.2) is 0 Å². The van der Waals surface area contributed by atoms with Gasteiger partial charge in [-0.15, -0.1) is 0 Å². The molecule has 0 amide bonds. The van der Waals surface area contributed by atoms with Crippen molar-refractivity contribution in [3.8, 4) is 0 Å². The molecule has 1 aromatic rings. The van der Waals surface area contributed by atoms with Crippen LogP contribution in [0.1, 0.15) is 38.4 Å². The van der Waals surface area contributed by atoms with Crippen LogP contribution in [0.25, 0.3) is 0 Å². The van der Waals surface area contributed by atoms with E-state index >= 15 is 0 Å². The van der Waals surface area contributed by atoms with Crippen molar-refractivity contribution in [3.63, 3.8) is 0 Å². The van der Waals surface area contributed by atoms with Crippen molar-refractivity contribution in [2.75, 3.05) is 20.6 Å². The zero-order chi connectivity index (χ0) is 13.7. The predicted octanol–water partition coefficient (Wildman–Crippen LogP) is 2.53. The molecular formula is C13H25ClN4. The van der Waals surface area contributed by atoms with Crippen molar-refractivity contribution in [3.05, 3.63) is 16.9 Å². The summed E-state index contributed by atoms with van der Waals surface area (Å²) in [6.07, 6.45) is 3.83. The highest BCUT2D eigenvalue weighted by atomic mass is 35.5. The summed E-state index contributed by atoms with van der Waals surface area (Å²) in [5, 5.41) is 5.03. The van der Waals surface area contributed by atoms with Crippen LogP contribution in [0.5, 0.6) is 0 Å². The molecule has 104 valence electrons. The minimum atomic E-state index is -0.0304. The van der Waals surface area contributed by atoms with Gasteiger partial charge in [0.2, 0.25) is 0 Å². The van der Waals surface area contributed by atoms with Gasteiger partial charge in [0.25, 0.3) is 0 Å². The highest BCUT2D eigenvalue weighted by Gasteiger charge is 2.23. The van der Waals surface area contributed by atoms with Gasteiger partial charge in [-0.3, -0.25) is 4.68 Å². The number of likely N-dealkylation sites (N-methyl/N-ethyl adjacent to an activating group) is 1. The molecule has 0 radical (unpaired) electrons. The number of halogens is 1. The second-order valence-corrected chi connectivity index (χ2v) is 5.41. The first-order valence-electron chi connectivity index (χ1n) is 6.62. The molecule has 1 rings (SSSR count). The molecule has 0 saturated heterocycles. The smallest absolute Gasteiger partial charge is 0.0834 e. The molecule has 0 aliphatic carbocycles. The molecule has 0 aliphatic heterocycles. The van der Waals surface area contributed by atoms with E-state index in [1.54, 1.807) is 6.20 Å². The van der Waals surface area contributed by atoms with Crippen LogP contribution in [-0.2, 0) is 6.54 Å². The first kappa shape index (κ1) is 15.5. The second-order valence-electron chi connectivity index (χ2n) is 5.01. The fourth-order valence-electron chi connectivity index (χ4n) is 2.20. The minimum Gasteiger partial charge on any atom is -0.322 e. The number of nitrogens with zero attached hydrogens (tertiary/aromatic N) is 3. The summed E-state index contributed by atoms with van der Waals surface area (Å²) < 4.78 is 1.95. The summed E-state index contributed by atoms with van der Waals surface area (Å²) in [6.45, 7) is 6.09. The summed E-state index contributed by atoms with van der Waals surface area (Å²) in [5.74, 6) is 0.456. The fraction of sp³-hybridized carbons (Fsp3) is 0.769. The predicted molar refractivity (Wildman–Crippen MR) is 76.8 cm³/mol. The second kappa shape index (κ2) is 7.12. The molecule has 0 fully saturated rings. The molecule has 0 bridgehead atoms. The van der Waals surface area contributed by atoms with Crippen LogP contribution in [-0.4, -0.2) is 35.3 Å². The Bertz CT molecular complexity index is 358. The van der Waals surface area contributed by atoms with Crippen LogP contribution in [0, 0.1) is 5.92 Å². The molecule has 0 aromatic carbocycles. The molecular weight excluding hydrogens is 248 g/mol. The van der Waals surface area contributed by atoms with Crippen LogP contribution >= 0.6 is 11.6 Å². The molecule has 4 nitrogen and oxygen atoms in total. The zero-order valence-electron chi connectivity index (χ0n) is 11.9. The van der Waals surface area contributed by atoms with Gasteiger partial charge in [0, 0.05) is 6.54 Å². The Morgan fingerprint density at radius 1 is 1.39 bits per heavy atom. The normalized spacial score (nSPS) is 13.6. The van der Waals surface area contributed by atoms with E-state index in [1.807, 2.05) is 18.8 Å². The van der Waals surface area contributed by atoms with Crippen molar-refractivity contribution >= 4 is 11.6 Å². The molecule has 2 N–H and O–H groups in total. The van der Waals surface area contributed by atoms with Crippen molar-refractivity contribution < 1.29 is 0 Å². The maximum atomic E-state index is 6.35. The number of aromatic nitrogens is 2. The van der Waals surface area contributed by atoms with Crippen molar-refractivity contribution in [2.24, 2.45) is 11.7 Å². The molecule has 18 heavy (non-hydrogen) atoms. The molecule has 0 spiro atoms. The summed E-state index contributed by atoms with van der Waals surface area (Å²) in [5.41, 5.74) is 7.33. The first-order chi connectivity index (χ1) is 8.51. The van der Waals surface area contributed by atoms with Gasteiger partial charge < -0.3 is 10.6 Å². The topological polar surface area (TPSA) is 47.1 Å². The molecule has 0 saturated carbocycles. The Morgan fingerprint density at radius 2 is 2.00 bits per heavy atom.